The second-order valence-electron chi connectivity index (χ2n) is 8.27. The van der Waals surface area contributed by atoms with E-state index in [9.17, 15) is 4.79 Å². The van der Waals surface area contributed by atoms with Crippen LogP contribution in [0.4, 0.5) is 0 Å². The average molecular weight is 414 g/mol. The Hall–Kier alpha value is -3.54. The molecule has 0 saturated heterocycles. The van der Waals surface area contributed by atoms with Crippen LogP contribution < -0.4 is 0 Å². The molecular weight excluding hydrogens is 386 g/mol. The summed E-state index contributed by atoms with van der Waals surface area (Å²) in [7, 11) is 3.72. The van der Waals surface area contributed by atoms with Gasteiger partial charge in [-0.25, -0.2) is 4.98 Å². The van der Waals surface area contributed by atoms with E-state index in [2.05, 4.69) is 30.0 Å². The standard InChI is InChI=1S/C25H27N5O/c1-16-6-7-21-22(13-23(28-24(21)11-16)19-14-27-29(4)15-19)25(31)30(5)18(3)12-20-10-17(2)8-9-26-20/h6-11,13-15,18H,12H2,1-5H3/t18-/m0/s1. The number of hydrogen-bond donors (Lipinski definition) is 0. The fourth-order valence-electron chi connectivity index (χ4n) is 3.76. The molecule has 4 aromatic rings. The molecule has 0 N–H and O–H groups in total. The fraction of sp³-hybridized carbons (Fsp3) is 0.280. The molecular formula is C25H27N5O. The number of carbonyl (C=O) groups excluding carboxylic acids is 1. The van der Waals surface area contributed by atoms with Crippen LogP contribution in [0.1, 0.15) is 34.1 Å². The fourth-order valence-corrected chi connectivity index (χ4v) is 3.76. The Labute approximate surface area is 182 Å². The molecule has 0 aliphatic rings. The lowest BCUT2D eigenvalue weighted by molar-refractivity contribution is 0.0745. The van der Waals surface area contributed by atoms with Crippen molar-refractivity contribution in [3.63, 3.8) is 0 Å². The molecule has 1 atom stereocenters. The van der Waals surface area contributed by atoms with Crippen LogP contribution in [0.2, 0.25) is 0 Å². The molecule has 4 rings (SSSR count). The summed E-state index contributed by atoms with van der Waals surface area (Å²) in [5.41, 5.74) is 6.35. The van der Waals surface area contributed by atoms with E-state index in [1.54, 1.807) is 15.8 Å². The first-order chi connectivity index (χ1) is 14.8. The van der Waals surface area contributed by atoms with Crippen LogP contribution in [0.25, 0.3) is 22.2 Å². The van der Waals surface area contributed by atoms with E-state index < -0.39 is 0 Å². The van der Waals surface area contributed by atoms with Crippen molar-refractivity contribution >= 4 is 16.8 Å². The van der Waals surface area contributed by atoms with Gasteiger partial charge in [0.1, 0.15) is 0 Å². The maximum absolute atomic E-state index is 13.6. The number of rotatable bonds is 5. The van der Waals surface area contributed by atoms with Gasteiger partial charge in [0.2, 0.25) is 0 Å². The number of amides is 1. The van der Waals surface area contributed by atoms with E-state index in [0.717, 1.165) is 33.4 Å². The zero-order valence-electron chi connectivity index (χ0n) is 18.6. The number of hydrogen-bond acceptors (Lipinski definition) is 4. The molecule has 1 aromatic carbocycles. The number of carbonyl (C=O) groups is 1. The van der Waals surface area contributed by atoms with Crippen LogP contribution in [0.5, 0.6) is 0 Å². The van der Waals surface area contributed by atoms with Crippen molar-refractivity contribution in [3.05, 3.63) is 77.4 Å². The highest BCUT2D eigenvalue weighted by Gasteiger charge is 2.22. The van der Waals surface area contributed by atoms with Crippen molar-refractivity contribution in [2.75, 3.05) is 7.05 Å². The predicted octanol–water partition coefficient (Wildman–Crippen LogP) is 4.35. The average Bonchev–Trinajstić information content (AvgIpc) is 3.18. The molecule has 0 unspecified atom stereocenters. The number of likely N-dealkylation sites (N-methyl/N-ethyl adjacent to an activating group) is 1. The van der Waals surface area contributed by atoms with Crippen molar-refractivity contribution in [1.82, 2.24) is 24.6 Å². The normalized spacial score (nSPS) is 12.2. The lowest BCUT2D eigenvalue weighted by Gasteiger charge is -2.25. The minimum absolute atomic E-state index is 0.00249. The highest BCUT2D eigenvalue weighted by atomic mass is 16.2. The summed E-state index contributed by atoms with van der Waals surface area (Å²) >= 11 is 0. The highest BCUT2D eigenvalue weighted by Crippen LogP contribution is 2.27. The third-order valence-electron chi connectivity index (χ3n) is 5.65. The molecule has 3 aromatic heterocycles. The summed E-state index contributed by atoms with van der Waals surface area (Å²) in [6.07, 6.45) is 6.20. The third-order valence-corrected chi connectivity index (χ3v) is 5.65. The zero-order chi connectivity index (χ0) is 22.1. The van der Waals surface area contributed by atoms with Crippen LogP contribution in [-0.4, -0.2) is 43.6 Å². The van der Waals surface area contributed by atoms with Gasteiger partial charge in [0, 0.05) is 55.6 Å². The van der Waals surface area contributed by atoms with Crippen molar-refractivity contribution in [1.29, 1.82) is 0 Å². The maximum atomic E-state index is 13.6. The molecule has 158 valence electrons. The molecule has 3 heterocycles. The Morgan fingerprint density at radius 1 is 1.13 bits per heavy atom. The molecule has 0 aliphatic carbocycles. The summed E-state index contributed by atoms with van der Waals surface area (Å²) in [4.78, 5) is 24.6. The van der Waals surface area contributed by atoms with Crippen LogP contribution >= 0.6 is 0 Å². The second-order valence-corrected chi connectivity index (χ2v) is 8.27. The van der Waals surface area contributed by atoms with E-state index in [1.807, 2.05) is 63.7 Å². The largest absolute Gasteiger partial charge is 0.339 e. The highest BCUT2D eigenvalue weighted by molar-refractivity contribution is 6.07. The summed E-state index contributed by atoms with van der Waals surface area (Å²) in [6, 6.07) is 12.0. The monoisotopic (exact) mass is 413 g/mol. The van der Waals surface area contributed by atoms with Gasteiger partial charge in [-0.05, 0) is 56.2 Å². The van der Waals surface area contributed by atoms with E-state index in [4.69, 9.17) is 4.98 Å². The molecule has 0 radical (unpaired) electrons. The van der Waals surface area contributed by atoms with Crippen LogP contribution in [0, 0.1) is 13.8 Å². The van der Waals surface area contributed by atoms with Crippen LogP contribution in [0.3, 0.4) is 0 Å². The van der Waals surface area contributed by atoms with Gasteiger partial charge in [-0.1, -0.05) is 12.1 Å². The Bertz CT molecular complexity index is 1260. The molecule has 0 fully saturated rings. The first kappa shape index (κ1) is 20.7. The van der Waals surface area contributed by atoms with Crippen molar-refractivity contribution in [2.45, 2.75) is 33.2 Å². The summed E-state index contributed by atoms with van der Waals surface area (Å²) in [5, 5.41) is 5.11. The Morgan fingerprint density at radius 2 is 1.90 bits per heavy atom. The molecule has 1 amide bonds. The van der Waals surface area contributed by atoms with Gasteiger partial charge in [-0.2, -0.15) is 5.10 Å². The minimum Gasteiger partial charge on any atom is -0.339 e. The Balaban J connectivity index is 1.72. The van der Waals surface area contributed by atoms with Gasteiger partial charge in [-0.15, -0.1) is 0 Å². The van der Waals surface area contributed by atoms with Gasteiger partial charge < -0.3 is 4.90 Å². The van der Waals surface area contributed by atoms with Crippen molar-refractivity contribution < 1.29 is 4.79 Å². The zero-order valence-corrected chi connectivity index (χ0v) is 18.6. The lowest BCUT2D eigenvalue weighted by Crippen LogP contribution is -2.36. The molecule has 0 spiro atoms. The number of nitrogens with zero attached hydrogens (tertiary/aromatic N) is 5. The first-order valence-corrected chi connectivity index (χ1v) is 10.4. The van der Waals surface area contributed by atoms with Crippen molar-refractivity contribution in [2.24, 2.45) is 7.05 Å². The summed E-state index contributed by atoms with van der Waals surface area (Å²) < 4.78 is 1.74. The lowest BCUT2D eigenvalue weighted by atomic mass is 10.0. The number of aromatic nitrogens is 4. The summed E-state index contributed by atoms with van der Waals surface area (Å²) in [5.74, 6) is -0.0263. The van der Waals surface area contributed by atoms with E-state index in [-0.39, 0.29) is 11.9 Å². The number of pyridine rings is 2. The quantitative estimate of drug-likeness (QED) is 0.488. The number of aryl methyl sites for hydroxylation is 3. The molecule has 31 heavy (non-hydrogen) atoms. The van der Waals surface area contributed by atoms with E-state index >= 15 is 0 Å². The molecule has 6 nitrogen and oxygen atoms in total. The van der Waals surface area contributed by atoms with Crippen LogP contribution in [-0.2, 0) is 13.5 Å². The van der Waals surface area contributed by atoms with Gasteiger partial charge in [-0.3, -0.25) is 14.5 Å². The molecule has 0 saturated carbocycles. The van der Waals surface area contributed by atoms with Gasteiger partial charge in [0.25, 0.3) is 5.91 Å². The minimum atomic E-state index is -0.0263. The van der Waals surface area contributed by atoms with Gasteiger partial charge >= 0.3 is 0 Å². The van der Waals surface area contributed by atoms with Gasteiger partial charge in [0.05, 0.1) is 23.0 Å². The topological polar surface area (TPSA) is 63.9 Å². The Morgan fingerprint density at radius 3 is 2.61 bits per heavy atom. The number of benzene rings is 1. The SMILES string of the molecule is Cc1ccnc(C[C@H](C)N(C)C(=O)c2cc(-c3cnn(C)c3)nc3cc(C)ccc23)c1. The maximum Gasteiger partial charge on any atom is 0.254 e. The van der Waals surface area contributed by atoms with Crippen LogP contribution in [0.15, 0.2) is 55.0 Å². The third kappa shape index (κ3) is 4.33. The Kier molecular flexibility index (Phi) is 5.55. The predicted molar refractivity (Wildman–Crippen MR) is 123 cm³/mol. The first-order valence-electron chi connectivity index (χ1n) is 10.4. The summed E-state index contributed by atoms with van der Waals surface area (Å²) in [6.45, 7) is 6.13. The molecule has 6 heteroatoms. The molecule has 0 bridgehead atoms. The van der Waals surface area contributed by atoms with Crippen molar-refractivity contribution in [3.8, 4) is 11.3 Å². The number of fused-ring (bicyclic) bond motifs is 1. The van der Waals surface area contributed by atoms with E-state index in [0.29, 0.717) is 12.0 Å². The second kappa shape index (κ2) is 8.30. The molecule has 0 aliphatic heterocycles. The smallest absolute Gasteiger partial charge is 0.254 e. The van der Waals surface area contributed by atoms with E-state index in [1.165, 1.54) is 5.56 Å². The van der Waals surface area contributed by atoms with Gasteiger partial charge in [0.15, 0.2) is 0 Å².